The minimum Gasteiger partial charge on any atom is -0.324 e. The van der Waals surface area contributed by atoms with Gasteiger partial charge in [0.15, 0.2) is 0 Å². The second-order valence-corrected chi connectivity index (χ2v) is 6.30. The van der Waals surface area contributed by atoms with Gasteiger partial charge in [-0.15, -0.1) is 10.2 Å². The van der Waals surface area contributed by atoms with E-state index in [0.29, 0.717) is 22.6 Å². The van der Waals surface area contributed by atoms with Crippen LogP contribution in [0, 0.1) is 19.7 Å². The Balaban J connectivity index is 1.76. The summed E-state index contributed by atoms with van der Waals surface area (Å²) in [6.45, 7) is 3.18. The molecule has 1 amide bonds. The van der Waals surface area contributed by atoms with Crippen molar-refractivity contribution < 1.29 is 9.18 Å². The molecule has 1 N–H and O–H groups in total. The lowest BCUT2D eigenvalue weighted by Crippen LogP contribution is -2.29. The van der Waals surface area contributed by atoms with E-state index in [9.17, 15) is 14.0 Å². The highest BCUT2D eigenvalue weighted by molar-refractivity contribution is 5.91. The van der Waals surface area contributed by atoms with E-state index in [-0.39, 0.29) is 12.2 Å². The van der Waals surface area contributed by atoms with Gasteiger partial charge in [-0.1, -0.05) is 18.2 Å². The standard InChI is InChI=1S/C19H16FN5O2/c1-11-7-8-13(9-14(11)20)21-17(26)10-24-15-5-3-4-6-16(15)25-12(2)22-23-18(25)19(24)27/h3-9H,10H2,1-2H3,(H,21,26). The molecule has 2 aromatic carbocycles. The predicted octanol–water partition coefficient (Wildman–Crippen LogP) is 2.44. The van der Waals surface area contributed by atoms with Crippen LogP contribution in [0.4, 0.5) is 10.1 Å². The number of halogens is 1. The number of hydrogen-bond donors (Lipinski definition) is 1. The number of amides is 1. The van der Waals surface area contributed by atoms with Gasteiger partial charge in [0.1, 0.15) is 18.2 Å². The van der Waals surface area contributed by atoms with Crippen LogP contribution in [0.25, 0.3) is 16.7 Å². The molecular weight excluding hydrogens is 349 g/mol. The molecule has 0 aliphatic rings. The molecule has 7 nitrogen and oxygen atoms in total. The predicted molar refractivity (Wildman–Crippen MR) is 99.3 cm³/mol. The number of anilines is 1. The van der Waals surface area contributed by atoms with Crippen LogP contribution in [0.1, 0.15) is 11.4 Å². The van der Waals surface area contributed by atoms with E-state index in [1.807, 2.05) is 12.1 Å². The molecule has 4 aromatic rings. The van der Waals surface area contributed by atoms with Crippen molar-refractivity contribution in [1.82, 2.24) is 19.2 Å². The maximum atomic E-state index is 13.7. The van der Waals surface area contributed by atoms with Gasteiger partial charge in [-0.25, -0.2) is 4.39 Å². The van der Waals surface area contributed by atoms with Gasteiger partial charge in [0.2, 0.25) is 11.6 Å². The quantitative estimate of drug-likeness (QED) is 0.605. The Bertz CT molecular complexity index is 1260. The van der Waals surface area contributed by atoms with Crippen molar-refractivity contribution in [3.05, 3.63) is 70.0 Å². The van der Waals surface area contributed by atoms with Gasteiger partial charge in [0.05, 0.1) is 11.0 Å². The zero-order valence-corrected chi connectivity index (χ0v) is 14.7. The number of fused-ring (bicyclic) bond motifs is 3. The van der Waals surface area contributed by atoms with E-state index < -0.39 is 17.3 Å². The van der Waals surface area contributed by atoms with Crippen molar-refractivity contribution in [2.24, 2.45) is 0 Å². The van der Waals surface area contributed by atoms with Gasteiger partial charge in [0.25, 0.3) is 5.56 Å². The number of carbonyl (C=O) groups is 1. The summed E-state index contributed by atoms with van der Waals surface area (Å²) in [4.78, 5) is 25.3. The number of nitrogens with zero attached hydrogens (tertiary/aromatic N) is 4. The topological polar surface area (TPSA) is 81.3 Å². The normalized spacial score (nSPS) is 11.2. The maximum absolute atomic E-state index is 13.7. The van der Waals surface area contributed by atoms with Crippen LogP contribution < -0.4 is 10.9 Å². The van der Waals surface area contributed by atoms with Gasteiger partial charge in [-0.3, -0.25) is 18.6 Å². The van der Waals surface area contributed by atoms with Gasteiger partial charge < -0.3 is 5.32 Å². The Hall–Kier alpha value is -3.55. The molecule has 0 saturated heterocycles. The second-order valence-electron chi connectivity index (χ2n) is 6.30. The molecule has 0 unspecified atom stereocenters. The Morgan fingerprint density at radius 2 is 1.85 bits per heavy atom. The molecule has 4 rings (SSSR count). The fourth-order valence-corrected chi connectivity index (χ4v) is 3.07. The van der Waals surface area contributed by atoms with Crippen molar-refractivity contribution in [2.45, 2.75) is 20.4 Å². The highest BCUT2D eigenvalue weighted by atomic mass is 19.1. The molecule has 0 bridgehead atoms. The highest BCUT2D eigenvalue weighted by Gasteiger charge is 2.16. The SMILES string of the molecule is Cc1ccc(NC(=O)Cn2c(=O)c3nnc(C)n3c3ccccc32)cc1F. The molecule has 0 spiro atoms. The molecule has 0 radical (unpaired) electrons. The van der Waals surface area contributed by atoms with Crippen molar-refractivity contribution in [3.63, 3.8) is 0 Å². The molecular formula is C19H16FN5O2. The van der Waals surface area contributed by atoms with E-state index in [1.165, 1.54) is 10.6 Å². The largest absolute Gasteiger partial charge is 0.324 e. The minimum absolute atomic E-state index is 0.153. The first kappa shape index (κ1) is 16.9. The van der Waals surface area contributed by atoms with E-state index in [4.69, 9.17) is 0 Å². The van der Waals surface area contributed by atoms with Crippen LogP contribution in [0.15, 0.2) is 47.3 Å². The zero-order valence-electron chi connectivity index (χ0n) is 14.7. The molecule has 0 aliphatic carbocycles. The summed E-state index contributed by atoms with van der Waals surface area (Å²) in [5, 5.41) is 10.5. The number of carbonyl (C=O) groups excluding carboxylic acids is 1. The summed E-state index contributed by atoms with van der Waals surface area (Å²) in [7, 11) is 0. The summed E-state index contributed by atoms with van der Waals surface area (Å²) in [5.74, 6) is -0.258. The Labute approximate surface area is 153 Å². The summed E-state index contributed by atoms with van der Waals surface area (Å²) in [6.07, 6.45) is 0. The molecule has 2 heterocycles. The Morgan fingerprint density at radius 3 is 2.59 bits per heavy atom. The lowest BCUT2D eigenvalue weighted by atomic mass is 10.2. The van der Waals surface area contributed by atoms with Crippen LogP contribution in [-0.2, 0) is 11.3 Å². The highest BCUT2D eigenvalue weighted by Crippen LogP contribution is 2.16. The van der Waals surface area contributed by atoms with Gasteiger partial charge in [-0.2, -0.15) is 0 Å². The van der Waals surface area contributed by atoms with E-state index in [2.05, 4.69) is 15.5 Å². The van der Waals surface area contributed by atoms with Crippen molar-refractivity contribution in [3.8, 4) is 0 Å². The van der Waals surface area contributed by atoms with Gasteiger partial charge in [-0.05, 0) is 43.7 Å². The fourth-order valence-electron chi connectivity index (χ4n) is 3.07. The summed E-state index contributed by atoms with van der Waals surface area (Å²) in [6, 6.07) is 11.7. The van der Waals surface area contributed by atoms with Crippen molar-refractivity contribution >= 4 is 28.3 Å². The van der Waals surface area contributed by atoms with Crippen molar-refractivity contribution in [1.29, 1.82) is 0 Å². The van der Waals surface area contributed by atoms with Crippen LogP contribution in [-0.4, -0.2) is 25.1 Å². The molecule has 0 saturated carbocycles. The third-order valence-corrected chi connectivity index (χ3v) is 4.43. The maximum Gasteiger partial charge on any atom is 0.297 e. The number of rotatable bonds is 3. The average Bonchev–Trinajstić information content (AvgIpc) is 3.04. The lowest BCUT2D eigenvalue weighted by Gasteiger charge is -2.12. The van der Waals surface area contributed by atoms with Crippen molar-refractivity contribution in [2.75, 3.05) is 5.32 Å². The Kier molecular flexibility index (Phi) is 3.95. The van der Waals surface area contributed by atoms with Gasteiger partial charge in [0, 0.05) is 5.69 Å². The first-order valence-electron chi connectivity index (χ1n) is 8.35. The molecule has 136 valence electrons. The summed E-state index contributed by atoms with van der Waals surface area (Å²) in [5.41, 5.74) is 1.87. The molecule has 0 fully saturated rings. The third-order valence-electron chi connectivity index (χ3n) is 4.43. The number of benzene rings is 2. The second kappa shape index (κ2) is 6.31. The van der Waals surface area contributed by atoms with E-state index >= 15 is 0 Å². The average molecular weight is 365 g/mol. The summed E-state index contributed by atoms with van der Waals surface area (Å²) >= 11 is 0. The summed E-state index contributed by atoms with van der Waals surface area (Å²) < 4.78 is 16.7. The number of nitrogens with one attached hydrogen (secondary N) is 1. The fraction of sp³-hybridized carbons (Fsp3) is 0.158. The zero-order chi connectivity index (χ0) is 19.1. The molecule has 27 heavy (non-hydrogen) atoms. The smallest absolute Gasteiger partial charge is 0.297 e. The molecule has 2 aromatic heterocycles. The molecule has 8 heteroatoms. The molecule has 0 atom stereocenters. The number of hydrogen-bond acceptors (Lipinski definition) is 4. The molecule has 0 aliphatic heterocycles. The number of aromatic nitrogens is 4. The first-order chi connectivity index (χ1) is 13.0. The number of aryl methyl sites for hydroxylation is 2. The monoisotopic (exact) mass is 365 g/mol. The first-order valence-corrected chi connectivity index (χ1v) is 8.35. The van der Waals surface area contributed by atoms with E-state index in [0.717, 1.165) is 5.52 Å². The lowest BCUT2D eigenvalue weighted by molar-refractivity contribution is -0.116. The van der Waals surface area contributed by atoms with Crippen LogP contribution in [0.2, 0.25) is 0 Å². The van der Waals surface area contributed by atoms with E-state index in [1.54, 1.807) is 42.5 Å². The number of para-hydroxylation sites is 2. The van der Waals surface area contributed by atoms with Gasteiger partial charge >= 0.3 is 0 Å². The van der Waals surface area contributed by atoms with Crippen LogP contribution >= 0.6 is 0 Å². The van der Waals surface area contributed by atoms with Crippen LogP contribution in [0.5, 0.6) is 0 Å². The third kappa shape index (κ3) is 2.84. The minimum atomic E-state index is -0.439. The van der Waals surface area contributed by atoms with Crippen LogP contribution in [0.3, 0.4) is 0 Å². The Morgan fingerprint density at radius 1 is 1.11 bits per heavy atom.